The highest BCUT2D eigenvalue weighted by atomic mass is 19.4. The maximum absolute atomic E-state index is 13.1. The van der Waals surface area contributed by atoms with Crippen molar-refractivity contribution in [1.82, 2.24) is 14.9 Å². The number of nitrogens with zero attached hydrogens (tertiary/aromatic N) is 4. The lowest BCUT2D eigenvalue weighted by Gasteiger charge is -2.36. The number of hydrogen-bond donors (Lipinski definition) is 0. The van der Waals surface area contributed by atoms with Gasteiger partial charge in [0.25, 0.3) is 0 Å². The van der Waals surface area contributed by atoms with Gasteiger partial charge in [-0.25, -0.2) is 4.98 Å². The Morgan fingerprint density at radius 3 is 2.30 bits per heavy atom. The minimum absolute atomic E-state index is 0.0311. The lowest BCUT2D eigenvalue weighted by atomic mass is 10.2. The first-order valence-electron chi connectivity index (χ1n) is 7.42. The van der Waals surface area contributed by atoms with Crippen LogP contribution in [0.4, 0.5) is 19.0 Å². The smallest absolute Gasteiger partial charge is 0.354 e. The summed E-state index contributed by atoms with van der Waals surface area (Å²) in [5.74, 6) is 0.0311. The van der Waals surface area contributed by atoms with Crippen LogP contribution in [0.5, 0.6) is 0 Å². The summed E-state index contributed by atoms with van der Waals surface area (Å²) in [4.78, 5) is 11.9. The quantitative estimate of drug-likeness (QED) is 0.870. The minimum Gasteiger partial charge on any atom is -0.354 e. The summed E-state index contributed by atoms with van der Waals surface area (Å²) in [6.07, 6.45) is 0.524. The number of alkyl halides is 3. The van der Waals surface area contributed by atoms with Crippen LogP contribution in [0.15, 0.2) is 42.9 Å². The fraction of sp³-hybridized carbons (Fsp3) is 0.375. The minimum atomic E-state index is -4.38. The van der Waals surface area contributed by atoms with Gasteiger partial charge in [0.2, 0.25) is 0 Å². The molecule has 1 aliphatic heterocycles. The van der Waals surface area contributed by atoms with Gasteiger partial charge in [-0.15, -0.1) is 0 Å². The molecule has 0 amide bonds. The molecule has 2 aromatic heterocycles. The molecule has 4 nitrogen and oxygen atoms in total. The van der Waals surface area contributed by atoms with E-state index in [0.29, 0.717) is 26.2 Å². The Labute approximate surface area is 132 Å². The van der Waals surface area contributed by atoms with Crippen molar-refractivity contribution in [3.05, 3.63) is 54.0 Å². The van der Waals surface area contributed by atoms with E-state index in [-0.39, 0.29) is 5.82 Å². The van der Waals surface area contributed by atoms with E-state index >= 15 is 0 Å². The zero-order chi connectivity index (χ0) is 16.3. The van der Waals surface area contributed by atoms with Crippen LogP contribution in [0, 0.1) is 0 Å². The third-order valence-corrected chi connectivity index (χ3v) is 3.92. The molecule has 0 aliphatic carbocycles. The van der Waals surface area contributed by atoms with Crippen LogP contribution in [0.3, 0.4) is 0 Å². The molecule has 0 unspecified atom stereocenters. The second-order valence-electron chi connectivity index (χ2n) is 5.49. The molecule has 1 saturated heterocycles. The van der Waals surface area contributed by atoms with Gasteiger partial charge < -0.3 is 4.90 Å². The highest BCUT2D eigenvalue weighted by Gasteiger charge is 2.36. The molecule has 0 atom stereocenters. The Morgan fingerprint density at radius 2 is 1.65 bits per heavy atom. The van der Waals surface area contributed by atoms with Gasteiger partial charge in [-0.2, -0.15) is 13.2 Å². The molecule has 0 N–H and O–H groups in total. The highest BCUT2D eigenvalue weighted by Crippen LogP contribution is 2.35. The topological polar surface area (TPSA) is 32.3 Å². The monoisotopic (exact) mass is 322 g/mol. The Bertz CT molecular complexity index is 637. The first-order chi connectivity index (χ1) is 11.0. The van der Waals surface area contributed by atoms with E-state index in [0.717, 1.165) is 18.2 Å². The Morgan fingerprint density at radius 1 is 0.957 bits per heavy atom. The molecule has 0 spiro atoms. The summed E-state index contributed by atoms with van der Waals surface area (Å²) in [5, 5.41) is 0. The van der Waals surface area contributed by atoms with Crippen LogP contribution in [0.2, 0.25) is 0 Å². The molecular weight excluding hydrogens is 305 g/mol. The number of aromatic nitrogens is 2. The average Bonchev–Trinajstić information content (AvgIpc) is 2.56. The molecule has 2 aromatic rings. The van der Waals surface area contributed by atoms with Gasteiger partial charge in [0.15, 0.2) is 0 Å². The van der Waals surface area contributed by atoms with Crippen molar-refractivity contribution in [2.45, 2.75) is 12.7 Å². The largest absolute Gasteiger partial charge is 0.419 e. The SMILES string of the molecule is FC(F)(F)c1cccnc1N1CCN(Cc2ccncc2)CC1. The average molecular weight is 322 g/mol. The van der Waals surface area contributed by atoms with Crippen LogP contribution in [-0.4, -0.2) is 41.0 Å². The third kappa shape index (κ3) is 3.79. The molecule has 0 bridgehead atoms. The van der Waals surface area contributed by atoms with Crippen LogP contribution in [0.25, 0.3) is 0 Å². The van der Waals surface area contributed by atoms with E-state index in [9.17, 15) is 13.2 Å². The van der Waals surface area contributed by atoms with Gasteiger partial charge in [0.1, 0.15) is 5.82 Å². The second kappa shape index (κ2) is 6.54. The van der Waals surface area contributed by atoms with Gasteiger partial charge in [0.05, 0.1) is 5.56 Å². The first-order valence-corrected chi connectivity index (χ1v) is 7.42. The summed E-state index contributed by atoms with van der Waals surface area (Å²) < 4.78 is 39.3. The summed E-state index contributed by atoms with van der Waals surface area (Å²) in [6, 6.07) is 6.32. The highest BCUT2D eigenvalue weighted by molar-refractivity contribution is 5.48. The molecular formula is C16H17F3N4. The third-order valence-electron chi connectivity index (χ3n) is 3.92. The zero-order valence-electron chi connectivity index (χ0n) is 12.5. The molecule has 0 radical (unpaired) electrons. The van der Waals surface area contributed by atoms with Gasteiger partial charge >= 0.3 is 6.18 Å². The number of anilines is 1. The predicted octanol–water partition coefficient (Wildman–Crippen LogP) is 2.82. The van der Waals surface area contributed by atoms with Crippen molar-refractivity contribution in [3.63, 3.8) is 0 Å². The van der Waals surface area contributed by atoms with E-state index in [4.69, 9.17) is 0 Å². The maximum Gasteiger partial charge on any atom is 0.419 e. The van der Waals surface area contributed by atoms with Gasteiger partial charge in [-0.05, 0) is 29.8 Å². The number of rotatable bonds is 3. The molecule has 3 rings (SSSR count). The molecule has 122 valence electrons. The summed E-state index contributed by atoms with van der Waals surface area (Å²) >= 11 is 0. The molecule has 0 saturated carbocycles. The van der Waals surface area contributed by atoms with Gasteiger partial charge in [-0.1, -0.05) is 0 Å². The number of pyridine rings is 2. The van der Waals surface area contributed by atoms with Crippen LogP contribution < -0.4 is 4.90 Å². The fourth-order valence-electron chi connectivity index (χ4n) is 2.73. The number of piperazine rings is 1. The summed E-state index contributed by atoms with van der Waals surface area (Å²) in [7, 11) is 0. The molecule has 23 heavy (non-hydrogen) atoms. The first kappa shape index (κ1) is 15.7. The Hall–Kier alpha value is -2.15. The van der Waals surface area contributed by atoms with Crippen LogP contribution >= 0.6 is 0 Å². The second-order valence-corrected chi connectivity index (χ2v) is 5.49. The molecule has 3 heterocycles. The summed E-state index contributed by atoms with van der Waals surface area (Å²) in [5.41, 5.74) is 0.491. The van der Waals surface area contributed by atoms with Crippen molar-refractivity contribution < 1.29 is 13.2 Å². The molecule has 0 aromatic carbocycles. The van der Waals surface area contributed by atoms with Crippen LogP contribution in [-0.2, 0) is 12.7 Å². The lowest BCUT2D eigenvalue weighted by molar-refractivity contribution is -0.137. The summed E-state index contributed by atoms with van der Waals surface area (Å²) in [6.45, 7) is 3.26. The van der Waals surface area contributed by atoms with Crippen molar-refractivity contribution in [2.75, 3.05) is 31.1 Å². The van der Waals surface area contributed by atoms with E-state index in [1.54, 1.807) is 17.3 Å². The van der Waals surface area contributed by atoms with E-state index < -0.39 is 11.7 Å². The maximum atomic E-state index is 13.1. The Balaban J connectivity index is 1.66. The van der Waals surface area contributed by atoms with E-state index in [2.05, 4.69) is 14.9 Å². The van der Waals surface area contributed by atoms with E-state index in [1.807, 2.05) is 12.1 Å². The normalized spacial score (nSPS) is 16.6. The molecule has 1 aliphatic rings. The number of halogens is 3. The molecule has 7 heteroatoms. The van der Waals surface area contributed by atoms with Crippen LogP contribution in [0.1, 0.15) is 11.1 Å². The van der Waals surface area contributed by atoms with Crippen molar-refractivity contribution >= 4 is 5.82 Å². The standard InChI is InChI=1S/C16H17F3N4/c17-16(18,19)14-2-1-5-21-15(14)23-10-8-22(9-11-23)12-13-3-6-20-7-4-13/h1-7H,8-12H2. The Kier molecular flexibility index (Phi) is 4.47. The lowest BCUT2D eigenvalue weighted by Crippen LogP contribution is -2.46. The van der Waals surface area contributed by atoms with Crippen molar-refractivity contribution in [1.29, 1.82) is 0 Å². The predicted molar refractivity (Wildman–Crippen MR) is 81.0 cm³/mol. The van der Waals surface area contributed by atoms with Gasteiger partial charge in [-0.3, -0.25) is 9.88 Å². The van der Waals surface area contributed by atoms with Crippen molar-refractivity contribution in [3.8, 4) is 0 Å². The van der Waals surface area contributed by atoms with Gasteiger partial charge in [0, 0.05) is 51.3 Å². The zero-order valence-corrected chi connectivity index (χ0v) is 12.5. The van der Waals surface area contributed by atoms with Crippen molar-refractivity contribution in [2.24, 2.45) is 0 Å². The van der Waals surface area contributed by atoms with E-state index in [1.165, 1.54) is 12.3 Å². The molecule has 1 fully saturated rings. The number of hydrogen-bond acceptors (Lipinski definition) is 4. The fourth-order valence-corrected chi connectivity index (χ4v) is 2.73.